The molecule has 0 radical (unpaired) electrons. The molecule has 0 amide bonds. The van der Waals surface area contributed by atoms with Crippen molar-refractivity contribution in [2.24, 2.45) is 0 Å². The van der Waals surface area contributed by atoms with Crippen LogP contribution in [0.5, 0.6) is 5.75 Å². The number of benzene rings is 1. The summed E-state index contributed by atoms with van der Waals surface area (Å²) in [5.74, 6) is 0.877. The van der Waals surface area contributed by atoms with Gasteiger partial charge < -0.3 is 10.1 Å². The fourth-order valence-electron chi connectivity index (χ4n) is 2.92. The molecule has 2 saturated heterocycles. The van der Waals surface area contributed by atoms with Crippen molar-refractivity contribution in [2.75, 3.05) is 0 Å². The highest BCUT2D eigenvalue weighted by Gasteiger charge is 2.34. The number of rotatable bonds is 3. The second kappa shape index (κ2) is 4.49. The number of hydrogen-bond acceptors (Lipinski definition) is 3. The van der Waals surface area contributed by atoms with Gasteiger partial charge in [-0.2, -0.15) is 0 Å². The molecule has 17 heavy (non-hydrogen) atoms. The minimum Gasteiger partial charge on any atom is -0.490 e. The van der Waals surface area contributed by atoms with Gasteiger partial charge in [-0.3, -0.25) is 4.79 Å². The summed E-state index contributed by atoms with van der Waals surface area (Å²) >= 11 is 0. The average Bonchev–Trinajstić information content (AvgIpc) is 2.70. The molecule has 2 fully saturated rings. The molecule has 2 aliphatic heterocycles. The molecular weight excluding hydrogens is 214 g/mol. The first-order valence-electron chi connectivity index (χ1n) is 6.31. The van der Waals surface area contributed by atoms with Crippen LogP contribution in [-0.4, -0.2) is 24.5 Å². The molecule has 3 heteroatoms. The SMILES string of the molecule is O=Cc1ccc(OC2C[C@H]3CC[C@@H](C2)N3)cc1. The summed E-state index contributed by atoms with van der Waals surface area (Å²) in [6.07, 6.45) is 5.96. The zero-order chi connectivity index (χ0) is 11.7. The van der Waals surface area contributed by atoms with E-state index in [4.69, 9.17) is 4.74 Å². The Labute approximate surface area is 101 Å². The maximum absolute atomic E-state index is 10.6. The van der Waals surface area contributed by atoms with Crippen LogP contribution >= 0.6 is 0 Å². The third-order valence-corrected chi connectivity index (χ3v) is 3.75. The molecule has 0 saturated carbocycles. The highest BCUT2D eigenvalue weighted by Crippen LogP contribution is 2.29. The lowest BCUT2D eigenvalue weighted by atomic mass is 10.0. The fraction of sp³-hybridized carbons (Fsp3) is 0.500. The maximum Gasteiger partial charge on any atom is 0.150 e. The van der Waals surface area contributed by atoms with E-state index in [1.54, 1.807) is 12.1 Å². The zero-order valence-corrected chi connectivity index (χ0v) is 9.76. The molecule has 0 aromatic heterocycles. The van der Waals surface area contributed by atoms with E-state index in [-0.39, 0.29) is 0 Å². The lowest BCUT2D eigenvalue weighted by Gasteiger charge is -2.29. The average molecular weight is 231 g/mol. The van der Waals surface area contributed by atoms with Gasteiger partial charge in [0.05, 0.1) is 0 Å². The second-order valence-electron chi connectivity index (χ2n) is 5.04. The van der Waals surface area contributed by atoms with Crippen LogP contribution in [0.15, 0.2) is 24.3 Å². The maximum atomic E-state index is 10.6. The molecule has 1 N–H and O–H groups in total. The van der Waals surface area contributed by atoms with Crippen LogP contribution in [-0.2, 0) is 0 Å². The minimum absolute atomic E-state index is 0.329. The van der Waals surface area contributed by atoms with Crippen LogP contribution in [0, 0.1) is 0 Å². The lowest BCUT2D eigenvalue weighted by molar-refractivity contribution is 0.112. The highest BCUT2D eigenvalue weighted by molar-refractivity contribution is 5.74. The molecule has 3 nitrogen and oxygen atoms in total. The summed E-state index contributed by atoms with van der Waals surface area (Å²) in [7, 11) is 0. The summed E-state index contributed by atoms with van der Waals surface area (Å²) in [5.41, 5.74) is 0.697. The third-order valence-electron chi connectivity index (χ3n) is 3.75. The number of carbonyl (C=O) groups is 1. The predicted molar refractivity (Wildman–Crippen MR) is 65.4 cm³/mol. The van der Waals surface area contributed by atoms with E-state index in [9.17, 15) is 4.79 Å². The van der Waals surface area contributed by atoms with Crippen molar-refractivity contribution in [1.29, 1.82) is 0 Å². The van der Waals surface area contributed by atoms with Crippen LogP contribution in [0.2, 0.25) is 0 Å². The first kappa shape index (κ1) is 10.8. The Morgan fingerprint density at radius 1 is 1.12 bits per heavy atom. The van der Waals surface area contributed by atoms with Gasteiger partial charge in [0.15, 0.2) is 0 Å². The van der Waals surface area contributed by atoms with E-state index < -0.39 is 0 Å². The first-order chi connectivity index (χ1) is 8.33. The van der Waals surface area contributed by atoms with Gasteiger partial charge in [-0.1, -0.05) is 0 Å². The van der Waals surface area contributed by atoms with Gasteiger partial charge in [0.25, 0.3) is 0 Å². The smallest absolute Gasteiger partial charge is 0.150 e. The molecule has 1 unspecified atom stereocenters. The molecule has 1 aromatic carbocycles. The second-order valence-corrected chi connectivity index (χ2v) is 5.04. The Morgan fingerprint density at radius 3 is 2.35 bits per heavy atom. The van der Waals surface area contributed by atoms with Gasteiger partial charge in [0, 0.05) is 17.6 Å². The van der Waals surface area contributed by atoms with E-state index in [1.807, 2.05) is 12.1 Å². The van der Waals surface area contributed by atoms with Crippen molar-refractivity contribution < 1.29 is 9.53 Å². The molecule has 2 aliphatic rings. The van der Waals surface area contributed by atoms with E-state index >= 15 is 0 Å². The number of hydrogen-bond donors (Lipinski definition) is 1. The molecule has 0 aliphatic carbocycles. The van der Waals surface area contributed by atoms with Gasteiger partial charge >= 0.3 is 0 Å². The van der Waals surface area contributed by atoms with Gasteiger partial charge in [0.1, 0.15) is 18.1 Å². The Balaban J connectivity index is 1.64. The monoisotopic (exact) mass is 231 g/mol. The normalized spacial score (nSPS) is 31.2. The summed E-state index contributed by atoms with van der Waals surface area (Å²) in [6.45, 7) is 0. The quantitative estimate of drug-likeness (QED) is 0.810. The number of ether oxygens (including phenoxy) is 1. The molecule has 90 valence electrons. The van der Waals surface area contributed by atoms with Gasteiger partial charge in [-0.05, 0) is 49.9 Å². The van der Waals surface area contributed by atoms with Crippen LogP contribution in [0.4, 0.5) is 0 Å². The van der Waals surface area contributed by atoms with E-state index in [2.05, 4.69) is 5.32 Å². The molecule has 3 rings (SSSR count). The number of aldehydes is 1. The molecule has 3 atom stereocenters. The molecule has 1 aromatic rings. The standard InChI is InChI=1S/C14H17NO2/c16-9-10-1-5-13(6-2-10)17-14-7-11-3-4-12(8-14)15-11/h1-2,5-6,9,11-12,14-15H,3-4,7-8H2/t11-,12+,14?. The summed E-state index contributed by atoms with van der Waals surface area (Å²) in [6, 6.07) is 8.66. The van der Waals surface area contributed by atoms with Crippen molar-refractivity contribution >= 4 is 6.29 Å². The molecule has 2 heterocycles. The van der Waals surface area contributed by atoms with Crippen molar-refractivity contribution in [2.45, 2.75) is 43.9 Å². The predicted octanol–water partition coefficient (Wildman–Crippen LogP) is 2.16. The Kier molecular flexibility index (Phi) is 2.85. The van der Waals surface area contributed by atoms with Crippen LogP contribution in [0.3, 0.4) is 0 Å². The number of nitrogens with one attached hydrogen (secondary N) is 1. The number of piperidine rings is 1. The zero-order valence-electron chi connectivity index (χ0n) is 9.76. The van der Waals surface area contributed by atoms with Crippen molar-refractivity contribution in [1.82, 2.24) is 5.32 Å². The minimum atomic E-state index is 0.329. The lowest BCUT2D eigenvalue weighted by Crippen LogP contribution is -2.42. The summed E-state index contributed by atoms with van der Waals surface area (Å²) < 4.78 is 5.98. The fourth-order valence-corrected chi connectivity index (χ4v) is 2.92. The van der Waals surface area contributed by atoms with E-state index in [1.165, 1.54) is 12.8 Å². The van der Waals surface area contributed by atoms with Crippen LogP contribution in [0.25, 0.3) is 0 Å². The topological polar surface area (TPSA) is 38.3 Å². The Morgan fingerprint density at radius 2 is 1.76 bits per heavy atom. The number of fused-ring (bicyclic) bond motifs is 2. The van der Waals surface area contributed by atoms with Crippen molar-refractivity contribution in [3.05, 3.63) is 29.8 Å². The molecule has 0 spiro atoms. The third kappa shape index (κ3) is 2.34. The summed E-state index contributed by atoms with van der Waals surface area (Å²) in [4.78, 5) is 10.6. The Hall–Kier alpha value is -1.35. The van der Waals surface area contributed by atoms with E-state index in [0.29, 0.717) is 23.8 Å². The van der Waals surface area contributed by atoms with Crippen molar-refractivity contribution in [3.63, 3.8) is 0 Å². The largest absolute Gasteiger partial charge is 0.490 e. The molecular formula is C14H17NO2. The molecule has 2 bridgehead atoms. The highest BCUT2D eigenvalue weighted by atomic mass is 16.5. The Bertz CT molecular complexity index is 389. The van der Waals surface area contributed by atoms with Crippen LogP contribution in [0.1, 0.15) is 36.0 Å². The summed E-state index contributed by atoms with van der Waals surface area (Å²) in [5, 5.41) is 3.60. The van der Waals surface area contributed by atoms with Crippen molar-refractivity contribution in [3.8, 4) is 5.75 Å². The first-order valence-corrected chi connectivity index (χ1v) is 6.31. The van der Waals surface area contributed by atoms with E-state index in [0.717, 1.165) is 24.9 Å². The van der Waals surface area contributed by atoms with Crippen LogP contribution < -0.4 is 10.1 Å². The van der Waals surface area contributed by atoms with Gasteiger partial charge in [-0.25, -0.2) is 0 Å². The van der Waals surface area contributed by atoms with Gasteiger partial charge in [-0.15, -0.1) is 0 Å². The number of carbonyl (C=O) groups excluding carboxylic acids is 1. The van der Waals surface area contributed by atoms with Gasteiger partial charge in [0.2, 0.25) is 0 Å².